The fraction of sp³-hybridized carbons (Fsp3) is 0.692. The van der Waals surface area contributed by atoms with E-state index in [2.05, 4.69) is 4.90 Å². The van der Waals surface area contributed by atoms with Crippen molar-refractivity contribution in [1.29, 1.82) is 10.5 Å². The molecule has 0 aromatic heterocycles. The van der Waals surface area contributed by atoms with E-state index in [0.29, 0.717) is 25.9 Å². The molecule has 1 heterocycles. The van der Waals surface area contributed by atoms with E-state index in [4.69, 9.17) is 22.7 Å². The summed E-state index contributed by atoms with van der Waals surface area (Å²) < 4.78 is 0.774. The molecule has 1 aliphatic heterocycles. The molecule has 0 N–H and O–H groups in total. The fourth-order valence-corrected chi connectivity index (χ4v) is 3.09. The highest BCUT2D eigenvalue weighted by molar-refractivity contribution is 8.23. The zero-order chi connectivity index (χ0) is 14.8. The van der Waals surface area contributed by atoms with Crippen LogP contribution in [0.25, 0.3) is 0 Å². The number of amides is 1. The highest BCUT2D eigenvalue weighted by atomic mass is 32.2. The second-order valence-electron chi connectivity index (χ2n) is 4.45. The monoisotopic (exact) mass is 310 g/mol. The number of likely N-dealkylation sites (tertiary alicyclic amines) is 1. The van der Waals surface area contributed by atoms with Crippen LogP contribution < -0.4 is 0 Å². The van der Waals surface area contributed by atoms with Gasteiger partial charge in [0.15, 0.2) is 0 Å². The van der Waals surface area contributed by atoms with Crippen LogP contribution in [-0.2, 0) is 4.79 Å². The molecule has 1 fully saturated rings. The Morgan fingerprint density at radius 3 is 2.25 bits per heavy atom. The maximum atomic E-state index is 12.1. The second kappa shape index (κ2) is 9.57. The molecule has 1 amide bonds. The van der Waals surface area contributed by atoms with Crippen molar-refractivity contribution in [3.63, 3.8) is 0 Å². The van der Waals surface area contributed by atoms with Gasteiger partial charge in [-0.15, -0.1) is 0 Å². The largest absolute Gasteiger partial charge is 0.358 e. The molecule has 7 heteroatoms. The first-order valence-corrected chi connectivity index (χ1v) is 8.01. The van der Waals surface area contributed by atoms with Gasteiger partial charge in [-0.25, -0.2) is 0 Å². The summed E-state index contributed by atoms with van der Waals surface area (Å²) >= 11 is 6.68. The molecule has 1 rings (SSSR count). The number of carbonyl (C=O) groups excluding carboxylic acids is 1. The summed E-state index contributed by atoms with van der Waals surface area (Å²) in [5.74, 6) is 0.230. The summed E-state index contributed by atoms with van der Waals surface area (Å²) in [5.41, 5.74) is 0. The minimum atomic E-state index is -0.0537. The molecule has 0 aliphatic carbocycles. The number of hydrogen-bond donors (Lipinski definition) is 0. The number of hydrogen-bond acceptors (Lipinski definition) is 5. The van der Waals surface area contributed by atoms with Crippen molar-refractivity contribution in [2.24, 2.45) is 0 Å². The zero-order valence-corrected chi connectivity index (χ0v) is 13.0. The molecule has 0 unspecified atom stereocenters. The molecule has 20 heavy (non-hydrogen) atoms. The topological polar surface area (TPSA) is 71.1 Å². The molecule has 5 nitrogen and oxygen atoms in total. The third-order valence-electron chi connectivity index (χ3n) is 3.02. The van der Waals surface area contributed by atoms with Gasteiger partial charge in [0.25, 0.3) is 0 Å². The van der Waals surface area contributed by atoms with Gasteiger partial charge in [0.2, 0.25) is 5.91 Å². The third kappa shape index (κ3) is 5.77. The number of thiocarbonyl (C=S) groups is 1. The highest BCUT2D eigenvalue weighted by Crippen LogP contribution is 2.16. The minimum Gasteiger partial charge on any atom is -0.358 e. The summed E-state index contributed by atoms with van der Waals surface area (Å²) in [6, 6.07) is 4.04. The number of thioether (sulfide) groups is 1. The van der Waals surface area contributed by atoms with Crippen molar-refractivity contribution in [2.45, 2.75) is 25.7 Å². The van der Waals surface area contributed by atoms with Gasteiger partial charge in [0.1, 0.15) is 4.32 Å². The van der Waals surface area contributed by atoms with Crippen LogP contribution in [0.5, 0.6) is 0 Å². The Bertz CT molecular complexity index is 403. The normalized spacial score (nSPS) is 13.6. The smallest absolute Gasteiger partial charge is 0.233 e. The van der Waals surface area contributed by atoms with Crippen LogP contribution in [0.2, 0.25) is 0 Å². The van der Waals surface area contributed by atoms with Gasteiger partial charge in [-0.1, -0.05) is 24.0 Å². The molecule has 0 aromatic rings. The van der Waals surface area contributed by atoms with Gasteiger partial charge < -0.3 is 9.80 Å². The van der Waals surface area contributed by atoms with Crippen molar-refractivity contribution in [2.75, 3.05) is 31.9 Å². The highest BCUT2D eigenvalue weighted by Gasteiger charge is 2.18. The average molecular weight is 310 g/mol. The number of nitriles is 2. The Hall–Kier alpha value is -1.31. The summed E-state index contributed by atoms with van der Waals surface area (Å²) in [5, 5.41) is 17.2. The summed E-state index contributed by atoms with van der Waals surface area (Å²) in [6.45, 7) is 2.72. The van der Waals surface area contributed by atoms with Gasteiger partial charge >= 0.3 is 0 Å². The van der Waals surface area contributed by atoms with Crippen molar-refractivity contribution < 1.29 is 4.79 Å². The Balaban J connectivity index is 2.38. The van der Waals surface area contributed by atoms with Crippen molar-refractivity contribution in [3.8, 4) is 12.1 Å². The van der Waals surface area contributed by atoms with E-state index in [1.165, 1.54) is 11.8 Å². The van der Waals surface area contributed by atoms with Crippen LogP contribution in [0, 0.1) is 22.7 Å². The van der Waals surface area contributed by atoms with Crippen LogP contribution in [0.3, 0.4) is 0 Å². The van der Waals surface area contributed by atoms with E-state index in [1.54, 1.807) is 4.90 Å². The number of nitrogens with zero attached hydrogens (tertiary/aromatic N) is 4. The summed E-state index contributed by atoms with van der Waals surface area (Å²) in [6.07, 6.45) is 2.90. The molecule has 0 aromatic carbocycles. The van der Waals surface area contributed by atoms with Crippen molar-refractivity contribution in [3.05, 3.63) is 0 Å². The quantitative estimate of drug-likeness (QED) is 0.696. The molecule has 108 valence electrons. The van der Waals surface area contributed by atoms with Gasteiger partial charge in [0.05, 0.1) is 30.7 Å². The number of carbonyl (C=O) groups is 1. The van der Waals surface area contributed by atoms with E-state index >= 15 is 0 Å². The van der Waals surface area contributed by atoms with Crippen LogP contribution in [0.15, 0.2) is 0 Å². The van der Waals surface area contributed by atoms with E-state index in [9.17, 15) is 4.79 Å². The maximum absolute atomic E-state index is 12.1. The molecule has 0 bridgehead atoms. The first kappa shape index (κ1) is 16.7. The number of rotatable bonds is 6. The molecular formula is C13H18N4OS2. The maximum Gasteiger partial charge on any atom is 0.233 e. The zero-order valence-electron chi connectivity index (χ0n) is 11.4. The SMILES string of the molecule is N#CCCN(CCC#N)C(=O)CSC(=S)N1CCCC1. The van der Waals surface area contributed by atoms with E-state index in [1.807, 2.05) is 12.1 Å². The first-order chi connectivity index (χ1) is 9.69. The standard InChI is InChI=1S/C13H18N4OS2/c14-5-3-9-16(10-4-6-15)12(18)11-20-13(19)17-7-1-2-8-17/h1-4,7-11H2. The lowest BCUT2D eigenvalue weighted by Crippen LogP contribution is -2.35. The van der Waals surface area contributed by atoms with Crippen LogP contribution in [-0.4, -0.2) is 52.0 Å². The Kier molecular flexibility index (Phi) is 8.01. The molecule has 0 atom stereocenters. The first-order valence-electron chi connectivity index (χ1n) is 6.62. The van der Waals surface area contributed by atoms with Gasteiger partial charge in [-0.05, 0) is 12.8 Å². The molecule has 1 aliphatic rings. The minimum absolute atomic E-state index is 0.0537. The van der Waals surface area contributed by atoms with Crippen LogP contribution in [0.1, 0.15) is 25.7 Å². The average Bonchev–Trinajstić information content (AvgIpc) is 2.99. The molecular weight excluding hydrogens is 292 g/mol. The van der Waals surface area contributed by atoms with Gasteiger partial charge in [0, 0.05) is 26.2 Å². The lowest BCUT2D eigenvalue weighted by atomic mass is 10.3. The molecule has 0 radical (unpaired) electrons. The second-order valence-corrected chi connectivity index (χ2v) is 6.05. The van der Waals surface area contributed by atoms with Crippen LogP contribution in [0.4, 0.5) is 0 Å². The molecule has 0 spiro atoms. The van der Waals surface area contributed by atoms with Crippen molar-refractivity contribution >= 4 is 34.2 Å². The fourth-order valence-electron chi connectivity index (χ4n) is 1.94. The third-order valence-corrected chi connectivity index (χ3v) is 4.53. The Labute approximate surface area is 129 Å². The molecule has 1 saturated heterocycles. The van der Waals surface area contributed by atoms with Gasteiger partial charge in [-0.2, -0.15) is 10.5 Å². The lowest BCUT2D eigenvalue weighted by Gasteiger charge is -2.22. The van der Waals surface area contributed by atoms with E-state index in [-0.39, 0.29) is 11.7 Å². The predicted molar refractivity (Wildman–Crippen MR) is 82.9 cm³/mol. The van der Waals surface area contributed by atoms with Crippen molar-refractivity contribution in [1.82, 2.24) is 9.80 Å². The van der Waals surface area contributed by atoms with Gasteiger partial charge in [-0.3, -0.25) is 4.79 Å². The Morgan fingerprint density at radius 2 is 1.75 bits per heavy atom. The molecule has 0 saturated carbocycles. The van der Waals surface area contributed by atoms with E-state index in [0.717, 1.165) is 30.3 Å². The Morgan fingerprint density at radius 1 is 1.20 bits per heavy atom. The van der Waals surface area contributed by atoms with Crippen LogP contribution >= 0.6 is 24.0 Å². The lowest BCUT2D eigenvalue weighted by molar-refractivity contribution is -0.128. The summed E-state index contributed by atoms with van der Waals surface area (Å²) in [7, 11) is 0. The predicted octanol–water partition coefficient (Wildman–Crippen LogP) is 1.76. The summed E-state index contributed by atoms with van der Waals surface area (Å²) in [4.78, 5) is 15.8. The van der Waals surface area contributed by atoms with E-state index < -0.39 is 0 Å².